The van der Waals surface area contributed by atoms with Gasteiger partial charge in [-0.1, -0.05) is 0 Å². The van der Waals surface area contributed by atoms with Gasteiger partial charge in [0.1, 0.15) is 17.6 Å². The van der Waals surface area contributed by atoms with Gasteiger partial charge in [-0.05, 0) is 56.7 Å². The summed E-state index contributed by atoms with van der Waals surface area (Å²) in [6.07, 6.45) is 0.167. The lowest BCUT2D eigenvalue weighted by Crippen LogP contribution is -2.06. The fourth-order valence-electron chi connectivity index (χ4n) is 1.90. The fourth-order valence-corrected chi connectivity index (χ4v) is 1.90. The summed E-state index contributed by atoms with van der Waals surface area (Å²) in [5.74, 6) is 1.94. The highest BCUT2D eigenvalue weighted by Crippen LogP contribution is 2.23. The normalized spacial score (nSPS) is 10.3. The highest BCUT2D eigenvalue weighted by Gasteiger charge is 2.04. The van der Waals surface area contributed by atoms with Crippen molar-refractivity contribution in [3.8, 4) is 11.8 Å². The van der Waals surface area contributed by atoms with E-state index >= 15 is 0 Å². The van der Waals surface area contributed by atoms with Gasteiger partial charge >= 0.3 is 0 Å². The molecule has 1 aromatic carbocycles. The first-order chi connectivity index (χ1) is 9.58. The maximum atomic E-state index is 8.70. The highest BCUT2D eigenvalue weighted by atomic mass is 16.5. The number of hydrogen-bond acceptors (Lipinski definition) is 4. The molecular formula is C16H18N2O2. The van der Waals surface area contributed by atoms with Crippen molar-refractivity contribution in [2.75, 3.05) is 5.32 Å². The Hall–Kier alpha value is -2.41. The second kappa shape index (κ2) is 6.16. The predicted octanol–water partition coefficient (Wildman–Crippen LogP) is 3.86. The SMILES string of the molecule is Cc1cc(OC(C)C)ccc1NCc1ccc(C#N)o1. The van der Waals surface area contributed by atoms with E-state index in [4.69, 9.17) is 14.4 Å². The maximum Gasteiger partial charge on any atom is 0.203 e. The first kappa shape index (κ1) is 14.0. The summed E-state index contributed by atoms with van der Waals surface area (Å²) in [6, 6.07) is 11.4. The number of hydrogen-bond donors (Lipinski definition) is 1. The average molecular weight is 270 g/mol. The Labute approximate surface area is 119 Å². The molecule has 1 N–H and O–H groups in total. The van der Waals surface area contributed by atoms with Crippen LogP contribution in [-0.4, -0.2) is 6.10 Å². The molecule has 0 bridgehead atoms. The standard InChI is InChI=1S/C16H18N2O2/c1-11(2)19-13-6-7-16(12(3)8-13)18-10-15-5-4-14(9-17)20-15/h4-8,11,18H,10H2,1-3H3. The molecule has 1 aromatic heterocycles. The van der Waals surface area contributed by atoms with E-state index < -0.39 is 0 Å². The molecule has 0 aliphatic carbocycles. The number of ether oxygens (including phenoxy) is 1. The number of benzene rings is 1. The molecule has 4 nitrogen and oxygen atoms in total. The number of nitriles is 1. The Morgan fingerprint density at radius 3 is 2.70 bits per heavy atom. The van der Waals surface area contributed by atoms with Crippen LogP contribution in [0, 0.1) is 18.3 Å². The van der Waals surface area contributed by atoms with Crippen molar-refractivity contribution >= 4 is 5.69 Å². The lowest BCUT2D eigenvalue weighted by atomic mass is 10.2. The van der Waals surface area contributed by atoms with Crippen molar-refractivity contribution in [1.29, 1.82) is 5.26 Å². The van der Waals surface area contributed by atoms with Crippen molar-refractivity contribution in [2.45, 2.75) is 33.4 Å². The number of anilines is 1. The van der Waals surface area contributed by atoms with Crippen molar-refractivity contribution < 1.29 is 9.15 Å². The molecule has 0 unspecified atom stereocenters. The van der Waals surface area contributed by atoms with Crippen LogP contribution in [0.2, 0.25) is 0 Å². The second-order valence-corrected chi connectivity index (χ2v) is 4.87. The zero-order valence-electron chi connectivity index (χ0n) is 11.9. The largest absolute Gasteiger partial charge is 0.491 e. The molecule has 0 fully saturated rings. The summed E-state index contributed by atoms with van der Waals surface area (Å²) >= 11 is 0. The molecular weight excluding hydrogens is 252 g/mol. The second-order valence-electron chi connectivity index (χ2n) is 4.87. The Morgan fingerprint density at radius 1 is 1.30 bits per heavy atom. The van der Waals surface area contributed by atoms with Crippen LogP contribution in [0.1, 0.15) is 30.9 Å². The maximum absolute atomic E-state index is 8.70. The van der Waals surface area contributed by atoms with E-state index in [2.05, 4.69) is 5.32 Å². The van der Waals surface area contributed by atoms with E-state index in [-0.39, 0.29) is 6.10 Å². The Bertz CT molecular complexity index is 624. The van der Waals surface area contributed by atoms with Gasteiger partial charge in [0.05, 0.1) is 12.6 Å². The van der Waals surface area contributed by atoms with Crippen molar-refractivity contribution in [3.05, 3.63) is 47.4 Å². The summed E-state index contributed by atoms with van der Waals surface area (Å²) in [6.45, 7) is 6.58. The molecule has 0 aliphatic heterocycles. The first-order valence-electron chi connectivity index (χ1n) is 6.58. The van der Waals surface area contributed by atoms with E-state index in [9.17, 15) is 0 Å². The van der Waals surface area contributed by atoms with Crippen LogP contribution in [0.25, 0.3) is 0 Å². The Balaban J connectivity index is 2.01. The summed E-state index contributed by atoms with van der Waals surface area (Å²) in [5, 5.41) is 12.0. The third-order valence-electron chi connectivity index (χ3n) is 2.79. The van der Waals surface area contributed by atoms with E-state index in [0.29, 0.717) is 12.3 Å². The molecule has 1 heterocycles. The zero-order chi connectivity index (χ0) is 14.5. The molecule has 2 aromatic rings. The first-order valence-corrected chi connectivity index (χ1v) is 6.58. The van der Waals surface area contributed by atoms with E-state index in [0.717, 1.165) is 22.8 Å². The topological polar surface area (TPSA) is 58.2 Å². The molecule has 20 heavy (non-hydrogen) atoms. The quantitative estimate of drug-likeness (QED) is 0.896. The fraction of sp³-hybridized carbons (Fsp3) is 0.312. The van der Waals surface area contributed by atoms with Gasteiger partial charge in [0, 0.05) is 5.69 Å². The van der Waals surface area contributed by atoms with Crippen LogP contribution in [0.4, 0.5) is 5.69 Å². The van der Waals surface area contributed by atoms with Crippen molar-refractivity contribution in [3.63, 3.8) is 0 Å². The molecule has 0 radical (unpaired) electrons. The molecule has 0 spiro atoms. The van der Waals surface area contributed by atoms with Crippen LogP contribution in [0.5, 0.6) is 5.75 Å². The van der Waals surface area contributed by atoms with Crippen LogP contribution in [-0.2, 0) is 6.54 Å². The van der Waals surface area contributed by atoms with Crippen LogP contribution in [0.3, 0.4) is 0 Å². The Morgan fingerprint density at radius 2 is 2.10 bits per heavy atom. The molecule has 0 saturated heterocycles. The number of nitrogens with zero attached hydrogens (tertiary/aromatic N) is 1. The molecule has 0 aliphatic rings. The van der Waals surface area contributed by atoms with E-state index in [1.165, 1.54) is 0 Å². The molecule has 0 atom stereocenters. The van der Waals surface area contributed by atoms with Gasteiger partial charge in [0.2, 0.25) is 5.76 Å². The van der Waals surface area contributed by atoms with Crippen molar-refractivity contribution in [1.82, 2.24) is 0 Å². The van der Waals surface area contributed by atoms with Crippen LogP contribution in [0.15, 0.2) is 34.7 Å². The highest BCUT2D eigenvalue weighted by molar-refractivity contribution is 5.53. The molecule has 0 saturated carbocycles. The average Bonchev–Trinajstić information content (AvgIpc) is 2.85. The number of nitrogens with one attached hydrogen (secondary N) is 1. The van der Waals surface area contributed by atoms with Gasteiger partial charge in [0.25, 0.3) is 0 Å². The minimum atomic E-state index is 0.167. The lowest BCUT2D eigenvalue weighted by Gasteiger charge is -2.13. The molecule has 4 heteroatoms. The predicted molar refractivity (Wildman–Crippen MR) is 77.7 cm³/mol. The van der Waals surface area contributed by atoms with Gasteiger partial charge in [-0.3, -0.25) is 0 Å². The summed E-state index contributed by atoms with van der Waals surface area (Å²) in [4.78, 5) is 0. The van der Waals surface area contributed by atoms with E-state index in [1.54, 1.807) is 12.1 Å². The van der Waals surface area contributed by atoms with Gasteiger partial charge in [-0.2, -0.15) is 5.26 Å². The van der Waals surface area contributed by atoms with E-state index in [1.807, 2.05) is 45.0 Å². The number of aryl methyl sites for hydroxylation is 1. The monoisotopic (exact) mass is 270 g/mol. The minimum absolute atomic E-state index is 0.167. The van der Waals surface area contributed by atoms with Gasteiger partial charge in [-0.15, -0.1) is 0 Å². The van der Waals surface area contributed by atoms with Gasteiger partial charge in [0.15, 0.2) is 0 Å². The van der Waals surface area contributed by atoms with Gasteiger partial charge < -0.3 is 14.5 Å². The lowest BCUT2D eigenvalue weighted by molar-refractivity contribution is 0.242. The summed E-state index contributed by atoms with van der Waals surface area (Å²) in [7, 11) is 0. The zero-order valence-corrected chi connectivity index (χ0v) is 11.9. The number of furan rings is 1. The van der Waals surface area contributed by atoms with Crippen molar-refractivity contribution in [2.24, 2.45) is 0 Å². The minimum Gasteiger partial charge on any atom is -0.491 e. The summed E-state index contributed by atoms with van der Waals surface area (Å²) < 4.78 is 11.0. The Kier molecular flexibility index (Phi) is 4.31. The third-order valence-corrected chi connectivity index (χ3v) is 2.79. The van der Waals surface area contributed by atoms with Crippen LogP contribution >= 0.6 is 0 Å². The molecule has 104 valence electrons. The number of rotatable bonds is 5. The third kappa shape index (κ3) is 3.55. The molecule has 0 amide bonds. The van der Waals surface area contributed by atoms with Crippen LogP contribution < -0.4 is 10.1 Å². The molecule has 2 rings (SSSR count). The summed E-state index contributed by atoms with van der Waals surface area (Å²) in [5.41, 5.74) is 2.13. The smallest absolute Gasteiger partial charge is 0.203 e. The van der Waals surface area contributed by atoms with Gasteiger partial charge in [-0.25, -0.2) is 0 Å².